The molecule has 0 aromatic rings. The average Bonchev–Trinajstić information content (AvgIpc) is 2.88. The molecule has 0 spiro atoms. The zero-order valence-corrected chi connectivity index (χ0v) is 20.4. The van der Waals surface area contributed by atoms with E-state index in [1.807, 2.05) is 0 Å². The summed E-state index contributed by atoms with van der Waals surface area (Å²) >= 11 is 1.61. The number of amides is 1. The van der Waals surface area contributed by atoms with Crippen molar-refractivity contribution in [3.8, 4) is 0 Å². The number of rotatable bonds is 10. The minimum atomic E-state index is -0.947. The highest BCUT2D eigenvalue weighted by atomic mass is 32.2. The van der Waals surface area contributed by atoms with Gasteiger partial charge in [-0.15, -0.1) is 0 Å². The molecule has 6 nitrogen and oxygen atoms in total. The maximum atomic E-state index is 11.5. The Morgan fingerprint density at radius 2 is 1.70 bits per heavy atom. The Morgan fingerprint density at radius 1 is 1.13 bits per heavy atom. The fourth-order valence-electron chi connectivity index (χ4n) is 4.40. The van der Waals surface area contributed by atoms with Gasteiger partial charge in [0.2, 0.25) is 5.91 Å². The van der Waals surface area contributed by atoms with Gasteiger partial charge in [-0.1, -0.05) is 38.5 Å². The number of hydrogen-bond donors (Lipinski definition) is 1. The molecule has 0 aromatic heterocycles. The first kappa shape index (κ1) is 25.5. The Balaban J connectivity index is 1.91. The van der Waals surface area contributed by atoms with E-state index in [-0.39, 0.29) is 24.2 Å². The van der Waals surface area contributed by atoms with Crippen molar-refractivity contribution in [2.45, 2.75) is 103 Å². The molecule has 1 heterocycles. The third kappa shape index (κ3) is 6.39. The first-order valence-electron chi connectivity index (χ1n) is 11.4. The highest BCUT2D eigenvalue weighted by Crippen LogP contribution is 2.46. The topological polar surface area (TPSA) is 76.1 Å². The number of nitrogens with zero attached hydrogens (tertiary/aromatic N) is 1. The van der Waals surface area contributed by atoms with Gasteiger partial charge in [-0.3, -0.25) is 4.79 Å². The number of hydrogen-bond acceptors (Lipinski definition) is 5. The van der Waals surface area contributed by atoms with E-state index in [4.69, 9.17) is 9.31 Å². The Morgan fingerprint density at radius 3 is 2.20 bits per heavy atom. The SMILES string of the molecule is CC(=O)N(C)[C@@H](CSCCCC(B1OC(C)(C)C(C)(C)O1)C1CCCCC1)C(=O)O. The molecule has 1 aliphatic heterocycles. The Labute approximate surface area is 187 Å². The second kappa shape index (κ2) is 10.7. The van der Waals surface area contributed by atoms with Crippen molar-refractivity contribution in [1.29, 1.82) is 0 Å². The molecule has 30 heavy (non-hydrogen) atoms. The normalized spacial score (nSPS) is 23.2. The van der Waals surface area contributed by atoms with Gasteiger partial charge in [0.25, 0.3) is 0 Å². The minimum absolute atomic E-state index is 0.168. The molecule has 8 heteroatoms. The molecule has 2 aliphatic rings. The second-order valence-electron chi connectivity index (χ2n) is 9.89. The van der Waals surface area contributed by atoms with Crippen molar-refractivity contribution in [2.75, 3.05) is 18.6 Å². The van der Waals surface area contributed by atoms with Crippen molar-refractivity contribution in [3.05, 3.63) is 0 Å². The van der Waals surface area contributed by atoms with E-state index < -0.39 is 12.0 Å². The van der Waals surface area contributed by atoms with Crippen molar-refractivity contribution >= 4 is 30.8 Å². The summed E-state index contributed by atoms with van der Waals surface area (Å²) in [7, 11) is 1.39. The lowest BCUT2D eigenvalue weighted by Gasteiger charge is -2.32. The maximum absolute atomic E-state index is 11.5. The smallest absolute Gasteiger partial charge is 0.461 e. The van der Waals surface area contributed by atoms with Gasteiger partial charge in [-0.05, 0) is 51.6 Å². The summed E-state index contributed by atoms with van der Waals surface area (Å²) in [4.78, 5) is 24.3. The van der Waals surface area contributed by atoms with Crippen molar-refractivity contribution in [2.24, 2.45) is 5.92 Å². The molecule has 1 N–H and O–H groups in total. The molecule has 172 valence electrons. The fourth-order valence-corrected chi connectivity index (χ4v) is 5.53. The Hall–Kier alpha value is -0.725. The lowest BCUT2D eigenvalue weighted by Crippen LogP contribution is -2.43. The van der Waals surface area contributed by atoms with E-state index in [0.29, 0.717) is 17.5 Å². The zero-order valence-electron chi connectivity index (χ0n) is 19.6. The molecule has 1 unspecified atom stereocenters. The molecule has 0 radical (unpaired) electrons. The van der Waals surface area contributed by atoms with Crippen LogP contribution in [0.2, 0.25) is 5.82 Å². The van der Waals surface area contributed by atoms with Crippen LogP contribution >= 0.6 is 11.8 Å². The Kier molecular flexibility index (Phi) is 9.13. The van der Waals surface area contributed by atoms with Crippen LogP contribution in [0.4, 0.5) is 0 Å². The number of carboxylic acid groups (broad SMARTS) is 1. The molecular formula is C22H40BNO5S. The molecule has 1 saturated heterocycles. The largest absolute Gasteiger partial charge is 0.480 e. The maximum Gasteiger partial charge on any atom is 0.461 e. The summed E-state index contributed by atoms with van der Waals surface area (Å²) in [5.74, 6) is 1.13. The molecule has 2 atom stereocenters. The van der Waals surface area contributed by atoms with Crippen molar-refractivity contribution in [3.63, 3.8) is 0 Å². The number of likely N-dealkylation sites (N-methyl/N-ethyl adjacent to an activating group) is 1. The summed E-state index contributed by atoms with van der Waals surface area (Å²) in [5, 5.41) is 9.41. The van der Waals surface area contributed by atoms with Crippen LogP contribution in [-0.4, -0.2) is 64.8 Å². The van der Waals surface area contributed by atoms with Crippen LogP contribution in [0, 0.1) is 5.92 Å². The van der Waals surface area contributed by atoms with E-state index in [1.165, 1.54) is 43.9 Å². The molecule has 0 bridgehead atoms. The lowest BCUT2D eigenvalue weighted by molar-refractivity contribution is -0.147. The van der Waals surface area contributed by atoms with Gasteiger partial charge in [0.15, 0.2) is 0 Å². The Bertz CT molecular complexity index is 578. The van der Waals surface area contributed by atoms with Crippen molar-refractivity contribution < 1.29 is 24.0 Å². The molecule has 2 rings (SSSR count). The summed E-state index contributed by atoms with van der Waals surface area (Å²) in [6.45, 7) is 9.84. The first-order chi connectivity index (χ1) is 14.0. The van der Waals surface area contributed by atoms with Gasteiger partial charge in [-0.25, -0.2) is 4.79 Å². The third-order valence-electron chi connectivity index (χ3n) is 7.23. The van der Waals surface area contributed by atoms with E-state index in [0.717, 1.165) is 18.6 Å². The number of aliphatic carboxylic acids is 1. The molecule has 1 saturated carbocycles. The minimum Gasteiger partial charge on any atom is -0.480 e. The van der Waals surface area contributed by atoms with Crippen LogP contribution in [0.15, 0.2) is 0 Å². The number of carbonyl (C=O) groups excluding carboxylic acids is 1. The molecular weight excluding hydrogens is 401 g/mol. The van der Waals surface area contributed by atoms with E-state index in [1.54, 1.807) is 18.8 Å². The van der Waals surface area contributed by atoms with Gasteiger partial charge in [0.1, 0.15) is 6.04 Å². The van der Waals surface area contributed by atoms with E-state index in [2.05, 4.69) is 27.7 Å². The fraction of sp³-hybridized carbons (Fsp3) is 0.909. The zero-order chi connectivity index (χ0) is 22.5. The third-order valence-corrected chi connectivity index (χ3v) is 8.36. The van der Waals surface area contributed by atoms with Gasteiger partial charge >= 0.3 is 13.1 Å². The van der Waals surface area contributed by atoms with Crippen LogP contribution < -0.4 is 0 Å². The van der Waals surface area contributed by atoms with Gasteiger partial charge in [0.05, 0.1) is 11.2 Å². The second-order valence-corrected chi connectivity index (χ2v) is 11.0. The van der Waals surface area contributed by atoms with Gasteiger partial charge < -0.3 is 19.3 Å². The van der Waals surface area contributed by atoms with Gasteiger partial charge in [-0.2, -0.15) is 11.8 Å². The average molecular weight is 441 g/mol. The highest BCUT2D eigenvalue weighted by Gasteiger charge is 2.54. The first-order valence-corrected chi connectivity index (χ1v) is 12.5. The van der Waals surface area contributed by atoms with Crippen LogP contribution in [0.1, 0.15) is 79.6 Å². The molecule has 1 amide bonds. The molecule has 1 aliphatic carbocycles. The van der Waals surface area contributed by atoms with E-state index in [9.17, 15) is 14.7 Å². The van der Waals surface area contributed by atoms with Crippen LogP contribution in [0.25, 0.3) is 0 Å². The number of carbonyl (C=O) groups is 2. The summed E-state index contributed by atoms with van der Waals surface area (Å²) in [6, 6.07) is -0.773. The monoisotopic (exact) mass is 441 g/mol. The van der Waals surface area contributed by atoms with Crippen LogP contribution in [-0.2, 0) is 18.9 Å². The molecule has 2 fully saturated rings. The number of carboxylic acids is 1. The van der Waals surface area contributed by atoms with Gasteiger partial charge in [0, 0.05) is 19.7 Å². The quantitative estimate of drug-likeness (QED) is 0.398. The molecule has 0 aromatic carbocycles. The van der Waals surface area contributed by atoms with Crippen molar-refractivity contribution in [1.82, 2.24) is 4.90 Å². The summed E-state index contributed by atoms with van der Waals surface area (Å²) in [6.07, 6.45) is 8.39. The van der Waals surface area contributed by atoms with Crippen LogP contribution in [0.3, 0.4) is 0 Å². The lowest BCUT2D eigenvalue weighted by atomic mass is 9.59. The highest BCUT2D eigenvalue weighted by molar-refractivity contribution is 7.99. The number of thioether (sulfide) groups is 1. The standard InChI is InChI=1S/C22H40BNO5S/c1-16(25)24(6)19(20(26)27)15-30-14-10-13-18(17-11-8-7-9-12-17)23-28-21(2,3)22(4,5)29-23/h17-19H,7-15H2,1-6H3,(H,26,27)/t18?,19-/m0/s1. The summed E-state index contributed by atoms with van der Waals surface area (Å²) < 4.78 is 12.8. The predicted octanol–water partition coefficient (Wildman–Crippen LogP) is 4.47. The summed E-state index contributed by atoms with van der Waals surface area (Å²) in [5.41, 5.74) is -0.628. The predicted molar refractivity (Wildman–Crippen MR) is 123 cm³/mol. The van der Waals surface area contributed by atoms with Crippen LogP contribution in [0.5, 0.6) is 0 Å². The van der Waals surface area contributed by atoms with E-state index >= 15 is 0 Å².